The average molecular weight is 603 g/mol. The number of halogens is 2. The molecular weight excluding hydrogens is 566 g/mol. The van der Waals surface area contributed by atoms with E-state index in [2.05, 4.69) is 6.58 Å². The van der Waals surface area contributed by atoms with Gasteiger partial charge in [-0.1, -0.05) is 30.9 Å². The number of likely N-dealkylation sites (tertiary alicyclic amines) is 1. The van der Waals surface area contributed by atoms with Gasteiger partial charge in [0.1, 0.15) is 40.2 Å². The van der Waals surface area contributed by atoms with Gasteiger partial charge in [-0.05, 0) is 61.3 Å². The number of nitrogens with zero attached hydrogens (tertiary/aromatic N) is 2. The predicted molar refractivity (Wildman–Crippen MR) is 165 cm³/mol. The third-order valence-corrected chi connectivity index (χ3v) is 8.36. The second-order valence-electron chi connectivity index (χ2n) is 10.9. The molecule has 0 spiro atoms. The molecule has 2 atom stereocenters. The normalized spacial score (nSPS) is 23.5. The Balaban J connectivity index is 1.55. The lowest BCUT2D eigenvalue weighted by molar-refractivity contribution is -0.126. The van der Waals surface area contributed by atoms with Crippen molar-refractivity contribution >= 4 is 11.6 Å². The summed E-state index contributed by atoms with van der Waals surface area (Å²) in [5.74, 6) is -0.959. The van der Waals surface area contributed by atoms with Gasteiger partial charge in [0.15, 0.2) is 0 Å². The van der Waals surface area contributed by atoms with Gasteiger partial charge in [-0.15, -0.1) is 0 Å². The standard InChI is InChI=1S/C35H36F2N2O5/c1-21-31(35(41)39-18-17-23(20-39)32-26(36)11-7-12-27(32)37)28(40)16-15-25(33-29(43-3)13-8-14-30(33)44-4)34(38-21)22-9-5-6-10-24(19-22)42-2/h5-8,10-14,19,23,25,40H,1,9,15-18,20H2,2-4H3/b31-28-,38-34-. The van der Waals surface area contributed by atoms with E-state index in [1.165, 1.54) is 23.1 Å². The molecule has 0 radical (unpaired) electrons. The fourth-order valence-corrected chi connectivity index (χ4v) is 6.22. The van der Waals surface area contributed by atoms with Gasteiger partial charge in [0.05, 0.1) is 32.7 Å². The van der Waals surface area contributed by atoms with Gasteiger partial charge in [0.2, 0.25) is 0 Å². The van der Waals surface area contributed by atoms with Crippen molar-refractivity contribution in [2.45, 2.75) is 37.5 Å². The number of aliphatic hydroxyl groups is 1. The van der Waals surface area contributed by atoms with Crippen molar-refractivity contribution in [1.82, 2.24) is 4.90 Å². The van der Waals surface area contributed by atoms with Crippen LogP contribution < -0.4 is 9.47 Å². The van der Waals surface area contributed by atoms with Gasteiger partial charge in [0, 0.05) is 42.5 Å². The van der Waals surface area contributed by atoms with Crippen LogP contribution in [0.2, 0.25) is 0 Å². The van der Waals surface area contributed by atoms with E-state index >= 15 is 0 Å². The second kappa shape index (κ2) is 13.3. The lowest BCUT2D eigenvalue weighted by Crippen LogP contribution is -2.32. The molecule has 2 aromatic rings. The van der Waals surface area contributed by atoms with E-state index in [4.69, 9.17) is 19.2 Å². The first kappa shape index (κ1) is 30.8. The summed E-state index contributed by atoms with van der Waals surface area (Å²) in [4.78, 5) is 20.4. The molecular formula is C35H36F2N2O5. The molecule has 44 heavy (non-hydrogen) atoms. The SMILES string of the molecule is C=C1/N=C(/C2=CC(OC)=CC=CC2)C(c2c(OC)cccc2OC)CC/C(O)=C\1C(=O)N1CCC(c2c(F)cccc2F)C1. The van der Waals surface area contributed by atoms with Gasteiger partial charge < -0.3 is 24.2 Å². The maximum atomic E-state index is 14.5. The molecule has 7 nitrogen and oxygen atoms in total. The zero-order chi connectivity index (χ0) is 31.4. The van der Waals surface area contributed by atoms with Crippen molar-refractivity contribution in [1.29, 1.82) is 0 Å². The van der Waals surface area contributed by atoms with Crippen molar-refractivity contribution in [3.63, 3.8) is 0 Å². The van der Waals surface area contributed by atoms with Gasteiger partial charge in [-0.2, -0.15) is 0 Å². The van der Waals surface area contributed by atoms with Crippen LogP contribution in [0.3, 0.4) is 0 Å². The van der Waals surface area contributed by atoms with Crippen LogP contribution in [0.1, 0.15) is 48.6 Å². The molecule has 5 rings (SSSR count). The van der Waals surface area contributed by atoms with Gasteiger partial charge in [-0.3, -0.25) is 9.79 Å². The third-order valence-electron chi connectivity index (χ3n) is 8.36. The van der Waals surface area contributed by atoms with Crippen LogP contribution >= 0.6 is 0 Å². The Morgan fingerprint density at radius 1 is 1.00 bits per heavy atom. The predicted octanol–water partition coefficient (Wildman–Crippen LogP) is 7.06. The van der Waals surface area contributed by atoms with Crippen LogP contribution in [0.4, 0.5) is 8.78 Å². The zero-order valence-electron chi connectivity index (χ0n) is 25.1. The average Bonchev–Trinajstić information content (AvgIpc) is 3.37. The minimum absolute atomic E-state index is 0.00475. The molecule has 230 valence electrons. The molecule has 2 aromatic carbocycles. The highest BCUT2D eigenvalue weighted by molar-refractivity contribution is 6.08. The molecule has 1 aliphatic carbocycles. The van der Waals surface area contributed by atoms with E-state index < -0.39 is 29.4 Å². The van der Waals surface area contributed by atoms with E-state index in [1.807, 2.05) is 42.5 Å². The summed E-state index contributed by atoms with van der Waals surface area (Å²) >= 11 is 0. The molecule has 0 bridgehead atoms. The summed E-state index contributed by atoms with van der Waals surface area (Å²) in [5.41, 5.74) is 2.31. The number of benzene rings is 2. The van der Waals surface area contributed by atoms with Gasteiger partial charge >= 0.3 is 0 Å². The van der Waals surface area contributed by atoms with E-state index in [0.29, 0.717) is 42.2 Å². The third kappa shape index (κ3) is 6.04. The molecule has 2 heterocycles. The van der Waals surface area contributed by atoms with Crippen LogP contribution in [0.15, 0.2) is 101 Å². The summed E-state index contributed by atoms with van der Waals surface area (Å²) in [6.45, 7) is 4.52. The number of aliphatic imine (C=N–C) groups is 1. The number of rotatable bonds is 7. The second-order valence-corrected chi connectivity index (χ2v) is 10.9. The summed E-state index contributed by atoms with van der Waals surface area (Å²) in [5, 5.41) is 11.4. The Morgan fingerprint density at radius 3 is 2.34 bits per heavy atom. The highest BCUT2D eigenvalue weighted by Gasteiger charge is 2.36. The Kier molecular flexibility index (Phi) is 9.32. The number of carbonyl (C=O) groups is 1. The van der Waals surface area contributed by atoms with Crippen molar-refractivity contribution < 1.29 is 32.9 Å². The summed E-state index contributed by atoms with van der Waals surface area (Å²) in [7, 11) is 4.76. The number of methoxy groups -OCH3 is 3. The van der Waals surface area contributed by atoms with E-state index in [0.717, 1.165) is 11.1 Å². The zero-order valence-corrected chi connectivity index (χ0v) is 25.1. The number of hydrogen-bond donors (Lipinski definition) is 1. The molecule has 9 heteroatoms. The first-order valence-corrected chi connectivity index (χ1v) is 14.5. The Labute approximate surface area is 256 Å². The van der Waals surface area contributed by atoms with Crippen molar-refractivity contribution in [3.8, 4) is 11.5 Å². The summed E-state index contributed by atoms with van der Waals surface area (Å²) in [6.07, 6.45) is 9.09. The van der Waals surface area contributed by atoms with Crippen molar-refractivity contribution in [3.05, 3.63) is 118 Å². The summed E-state index contributed by atoms with van der Waals surface area (Å²) < 4.78 is 46.1. The number of aliphatic hydroxyl groups excluding tert-OH is 1. The minimum atomic E-state index is -0.635. The van der Waals surface area contributed by atoms with Crippen LogP contribution in [0, 0.1) is 11.6 Å². The highest BCUT2D eigenvalue weighted by atomic mass is 19.1. The van der Waals surface area contributed by atoms with Crippen LogP contribution in [-0.4, -0.2) is 56.0 Å². The number of allylic oxidation sites excluding steroid dienone is 6. The number of hydrogen-bond acceptors (Lipinski definition) is 6. The monoisotopic (exact) mass is 602 g/mol. The molecule has 1 saturated heterocycles. The smallest absolute Gasteiger partial charge is 0.259 e. The fourth-order valence-electron chi connectivity index (χ4n) is 6.22. The molecule has 2 unspecified atom stereocenters. The van der Waals surface area contributed by atoms with Crippen molar-refractivity contribution in [2.75, 3.05) is 34.4 Å². The lowest BCUT2D eigenvalue weighted by Gasteiger charge is -2.28. The van der Waals surface area contributed by atoms with Crippen LogP contribution in [-0.2, 0) is 9.53 Å². The van der Waals surface area contributed by atoms with Gasteiger partial charge in [0.25, 0.3) is 5.91 Å². The molecule has 1 amide bonds. The largest absolute Gasteiger partial charge is 0.511 e. The maximum Gasteiger partial charge on any atom is 0.259 e. The topological polar surface area (TPSA) is 80.6 Å². The lowest BCUT2D eigenvalue weighted by atomic mass is 9.82. The molecule has 0 aromatic heterocycles. The molecule has 2 aliphatic heterocycles. The Bertz CT molecular complexity index is 1580. The Hall–Kier alpha value is -4.66. The van der Waals surface area contributed by atoms with Crippen LogP contribution in [0.5, 0.6) is 11.5 Å². The molecule has 3 aliphatic rings. The van der Waals surface area contributed by atoms with Crippen LogP contribution in [0.25, 0.3) is 0 Å². The fraction of sp³-hybridized carbons (Fsp3) is 0.314. The minimum Gasteiger partial charge on any atom is -0.511 e. The first-order chi connectivity index (χ1) is 21.3. The van der Waals surface area contributed by atoms with Gasteiger partial charge in [-0.25, -0.2) is 8.78 Å². The van der Waals surface area contributed by atoms with E-state index in [-0.39, 0.29) is 42.1 Å². The quantitative estimate of drug-likeness (QED) is 0.367. The molecule has 0 saturated carbocycles. The van der Waals surface area contributed by atoms with E-state index in [9.17, 15) is 18.7 Å². The van der Waals surface area contributed by atoms with Crippen molar-refractivity contribution in [2.24, 2.45) is 4.99 Å². The maximum absolute atomic E-state index is 14.5. The number of ether oxygens (including phenoxy) is 3. The van der Waals surface area contributed by atoms with E-state index in [1.54, 1.807) is 21.3 Å². The summed E-state index contributed by atoms with van der Waals surface area (Å²) in [6, 6.07) is 9.29. The first-order valence-electron chi connectivity index (χ1n) is 14.5. The highest BCUT2D eigenvalue weighted by Crippen LogP contribution is 2.43. The number of amides is 1. The molecule has 1 fully saturated rings. The molecule has 1 N–H and O–H groups in total. The Morgan fingerprint density at radius 2 is 1.68 bits per heavy atom. The number of carbonyl (C=O) groups excluding carboxylic acids is 1.